The van der Waals surface area contributed by atoms with Gasteiger partial charge in [-0.25, -0.2) is 4.79 Å². The van der Waals surface area contributed by atoms with Crippen LogP contribution in [0.2, 0.25) is 0 Å². The van der Waals surface area contributed by atoms with Gasteiger partial charge in [-0.15, -0.1) is 0 Å². The fourth-order valence-corrected chi connectivity index (χ4v) is 4.74. The summed E-state index contributed by atoms with van der Waals surface area (Å²) in [7, 11) is 0. The first kappa shape index (κ1) is 33.7. The van der Waals surface area contributed by atoms with E-state index in [-0.39, 0.29) is 24.0 Å². The first-order chi connectivity index (χ1) is 19.0. The van der Waals surface area contributed by atoms with Crippen LogP contribution in [0, 0.1) is 13.8 Å². The van der Waals surface area contributed by atoms with Crippen molar-refractivity contribution in [2.75, 3.05) is 6.54 Å². The normalized spacial score (nSPS) is 13.2. The van der Waals surface area contributed by atoms with Crippen LogP contribution in [-0.2, 0) is 20.7 Å². The van der Waals surface area contributed by atoms with Crippen LogP contribution in [0.4, 0.5) is 4.79 Å². The lowest BCUT2D eigenvalue weighted by atomic mass is 9.92. The third-order valence-electron chi connectivity index (χ3n) is 6.52. The van der Waals surface area contributed by atoms with Gasteiger partial charge in [-0.3, -0.25) is 9.59 Å². The Bertz CT molecular complexity index is 1160. The molecule has 0 aromatic heterocycles. The number of unbranched alkanes of at least 4 members (excludes halogenated alkanes) is 2. The second kappa shape index (κ2) is 14.4. The second-order valence-corrected chi connectivity index (χ2v) is 12.8. The Morgan fingerprint density at radius 1 is 0.927 bits per heavy atom. The monoisotopic (exact) mass is 567 g/mol. The highest BCUT2D eigenvalue weighted by Gasteiger charge is 2.38. The lowest BCUT2D eigenvalue weighted by Gasteiger charge is -2.37. The van der Waals surface area contributed by atoms with Gasteiger partial charge in [0.05, 0.1) is 0 Å². The van der Waals surface area contributed by atoms with Gasteiger partial charge in [0.1, 0.15) is 23.4 Å². The van der Waals surface area contributed by atoms with Crippen molar-refractivity contribution in [2.24, 2.45) is 0 Å². The van der Waals surface area contributed by atoms with Gasteiger partial charge in [0, 0.05) is 18.5 Å². The molecule has 0 radical (unpaired) electrons. The first-order valence-electron chi connectivity index (χ1n) is 14.5. The number of nitrogens with one attached hydrogen (secondary N) is 2. The van der Waals surface area contributed by atoms with E-state index in [0.717, 1.165) is 35.1 Å². The number of hydrogen-bond donors (Lipinski definition) is 3. The van der Waals surface area contributed by atoms with Crippen LogP contribution in [0.25, 0.3) is 0 Å². The Balaban J connectivity index is 2.65. The first-order valence-corrected chi connectivity index (χ1v) is 14.5. The van der Waals surface area contributed by atoms with Crippen molar-refractivity contribution < 1.29 is 24.2 Å². The summed E-state index contributed by atoms with van der Waals surface area (Å²) in [5, 5.41) is 15.7. The SMILES string of the molecule is CCCCCN(C(=O)C(Cc1ccc(O)cc1)NC(=O)OC(C)(C)C)C(C(=O)NC(C)(C)C)c1c(C)cccc1C. The number of nitrogens with zero attached hydrogens (tertiary/aromatic N) is 1. The van der Waals surface area contributed by atoms with Crippen molar-refractivity contribution in [3.8, 4) is 5.75 Å². The second-order valence-electron chi connectivity index (χ2n) is 12.8. The molecule has 2 atom stereocenters. The van der Waals surface area contributed by atoms with Gasteiger partial charge in [0.25, 0.3) is 0 Å². The molecule has 3 N–H and O–H groups in total. The van der Waals surface area contributed by atoms with Crippen molar-refractivity contribution in [1.29, 1.82) is 0 Å². The molecule has 0 aliphatic carbocycles. The summed E-state index contributed by atoms with van der Waals surface area (Å²) in [5.74, 6) is -0.552. The molecule has 226 valence electrons. The van der Waals surface area contributed by atoms with E-state index in [1.54, 1.807) is 49.9 Å². The van der Waals surface area contributed by atoms with Gasteiger partial charge in [-0.05, 0) is 96.2 Å². The maximum atomic E-state index is 14.5. The minimum Gasteiger partial charge on any atom is -0.508 e. The van der Waals surface area contributed by atoms with E-state index in [0.29, 0.717) is 13.0 Å². The number of benzene rings is 2. The molecule has 0 saturated carbocycles. The molecule has 2 aromatic rings. The molecule has 0 bridgehead atoms. The average Bonchev–Trinajstić information content (AvgIpc) is 2.83. The number of aryl methyl sites for hydroxylation is 2. The summed E-state index contributed by atoms with van der Waals surface area (Å²) in [5.41, 5.74) is 2.05. The molecule has 0 heterocycles. The Morgan fingerprint density at radius 3 is 2.02 bits per heavy atom. The van der Waals surface area contributed by atoms with Crippen LogP contribution in [0.3, 0.4) is 0 Å². The standard InChI is InChI=1S/C33H49N3O5/c1-10-11-12-20-36(28(29(38)35-32(4,5)6)27-22(2)14-13-15-23(27)3)30(39)26(34-31(40)41-33(7,8)9)21-24-16-18-25(37)19-17-24/h13-19,26,28,37H,10-12,20-21H2,1-9H3,(H,34,40)(H,35,38). The predicted octanol–water partition coefficient (Wildman–Crippen LogP) is 6.12. The molecule has 2 unspecified atom stereocenters. The molecular formula is C33H49N3O5. The highest BCUT2D eigenvalue weighted by Crippen LogP contribution is 2.30. The lowest BCUT2D eigenvalue weighted by Crippen LogP contribution is -2.55. The molecule has 8 heteroatoms. The summed E-state index contributed by atoms with van der Waals surface area (Å²) in [4.78, 5) is 43.1. The fraction of sp³-hybridized carbons (Fsp3) is 0.545. The minimum atomic E-state index is -1.01. The summed E-state index contributed by atoms with van der Waals surface area (Å²) >= 11 is 0. The molecule has 0 spiro atoms. The van der Waals surface area contributed by atoms with E-state index < -0.39 is 29.3 Å². The van der Waals surface area contributed by atoms with E-state index in [1.807, 2.05) is 52.8 Å². The van der Waals surface area contributed by atoms with Crippen LogP contribution in [-0.4, -0.2) is 51.6 Å². The molecular weight excluding hydrogens is 518 g/mol. The largest absolute Gasteiger partial charge is 0.508 e. The van der Waals surface area contributed by atoms with Gasteiger partial charge in [0.2, 0.25) is 11.8 Å². The fourth-order valence-electron chi connectivity index (χ4n) is 4.74. The lowest BCUT2D eigenvalue weighted by molar-refractivity contribution is -0.143. The van der Waals surface area contributed by atoms with Gasteiger partial charge >= 0.3 is 6.09 Å². The van der Waals surface area contributed by atoms with Crippen molar-refractivity contribution in [3.63, 3.8) is 0 Å². The van der Waals surface area contributed by atoms with Crippen molar-refractivity contribution in [1.82, 2.24) is 15.5 Å². The number of aromatic hydroxyl groups is 1. The molecule has 3 amide bonds. The molecule has 0 fully saturated rings. The number of amides is 3. The number of ether oxygens (including phenoxy) is 1. The smallest absolute Gasteiger partial charge is 0.408 e. The Labute approximate surface area is 245 Å². The van der Waals surface area contributed by atoms with Crippen molar-refractivity contribution >= 4 is 17.9 Å². The number of carbonyl (C=O) groups excluding carboxylic acids is 3. The number of phenols is 1. The summed E-state index contributed by atoms with van der Waals surface area (Å²) < 4.78 is 5.51. The number of hydrogen-bond acceptors (Lipinski definition) is 5. The van der Waals surface area contributed by atoms with E-state index in [2.05, 4.69) is 17.6 Å². The highest BCUT2D eigenvalue weighted by atomic mass is 16.6. The summed E-state index contributed by atoms with van der Waals surface area (Å²) in [6.07, 6.45) is 1.96. The zero-order chi connectivity index (χ0) is 31.0. The van der Waals surface area contributed by atoms with E-state index in [9.17, 15) is 19.5 Å². The Hall–Kier alpha value is -3.55. The van der Waals surface area contributed by atoms with Crippen LogP contribution >= 0.6 is 0 Å². The quantitative estimate of drug-likeness (QED) is 0.284. The number of rotatable bonds is 11. The third-order valence-corrected chi connectivity index (χ3v) is 6.52. The number of alkyl carbamates (subject to hydrolysis) is 1. The molecule has 41 heavy (non-hydrogen) atoms. The Morgan fingerprint density at radius 2 is 1.51 bits per heavy atom. The molecule has 0 saturated heterocycles. The summed E-state index contributed by atoms with van der Waals surface area (Å²) in [6.45, 7) is 17.3. The zero-order valence-corrected chi connectivity index (χ0v) is 26.3. The van der Waals surface area contributed by atoms with Gasteiger partial charge in [-0.1, -0.05) is 50.1 Å². The average molecular weight is 568 g/mol. The highest BCUT2D eigenvalue weighted by molar-refractivity contribution is 5.93. The minimum absolute atomic E-state index is 0.104. The maximum Gasteiger partial charge on any atom is 0.408 e. The van der Waals surface area contributed by atoms with Gasteiger partial charge < -0.3 is 25.4 Å². The topological polar surface area (TPSA) is 108 Å². The van der Waals surface area contributed by atoms with Gasteiger partial charge in [0.15, 0.2) is 0 Å². The van der Waals surface area contributed by atoms with Crippen LogP contribution in [0.5, 0.6) is 5.75 Å². The van der Waals surface area contributed by atoms with Crippen molar-refractivity contribution in [3.05, 3.63) is 64.7 Å². The third kappa shape index (κ3) is 10.7. The van der Waals surface area contributed by atoms with Crippen LogP contribution < -0.4 is 10.6 Å². The summed E-state index contributed by atoms with van der Waals surface area (Å²) in [6, 6.07) is 10.4. The molecule has 2 rings (SSSR count). The van der Waals surface area contributed by atoms with E-state index in [1.165, 1.54) is 0 Å². The molecule has 0 aliphatic heterocycles. The predicted molar refractivity (Wildman–Crippen MR) is 163 cm³/mol. The molecule has 0 aliphatic rings. The molecule has 2 aromatic carbocycles. The van der Waals surface area contributed by atoms with E-state index in [4.69, 9.17) is 4.74 Å². The van der Waals surface area contributed by atoms with Crippen LogP contribution in [0.15, 0.2) is 42.5 Å². The van der Waals surface area contributed by atoms with Crippen molar-refractivity contribution in [2.45, 2.75) is 111 Å². The number of carbonyl (C=O) groups is 3. The Kier molecular flexibility index (Phi) is 11.8. The maximum absolute atomic E-state index is 14.5. The number of phenolic OH excluding ortho intramolecular Hbond substituents is 1. The zero-order valence-electron chi connectivity index (χ0n) is 26.3. The van der Waals surface area contributed by atoms with E-state index >= 15 is 0 Å². The van der Waals surface area contributed by atoms with Crippen LogP contribution in [0.1, 0.15) is 96.0 Å². The van der Waals surface area contributed by atoms with Gasteiger partial charge in [-0.2, -0.15) is 0 Å². The molecule has 8 nitrogen and oxygen atoms in total.